The van der Waals surface area contributed by atoms with E-state index in [4.69, 9.17) is 5.73 Å². The van der Waals surface area contributed by atoms with Crippen molar-refractivity contribution < 1.29 is 9.18 Å². The molecule has 0 bridgehead atoms. The lowest BCUT2D eigenvalue weighted by molar-refractivity contribution is 0.247. The summed E-state index contributed by atoms with van der Waals surface area (Å²) in [6.45, 7) is 0. The number of hydrogen-bond acceptors (Lipinski definition) is 2. The number of hydrazine groups is 1. The number of benzene rings is 1. The average molecular weight is 196 g/mol. The second kappa shape index (κ2) is 4.80. The fourth-order valence-corrected chi connectivity index (χ4v) is 0.737. The van der Waals surface area contributed by atoms with Gasteiger partial charge in [0, 0.05) is 0 Å². The van der Waals surface area contributed by atoms with E-state index in [1.54, 1.807) is 0 Å². The number of aliphatic imine (C=N–C) groups is 1. The first kappa shape index (κ1) is 9.97. The summed E-state index contributed by atoms with van der Waals surface area (Å²) < 4.78 is 12.4. The number of rotatable bonds is 3. The van der Waals surface area contributed by atoms with Gasteiger partial charge in [0.1, 0.15) is 12.2 Å². The van der Waals surface area contributed by atoms with Crippen LogP contribution in [0.3, 0.4) is 0 Å². The Balaban J connectivity index is 2.44. The van der Waals surface area contributed by atoms with E-state index < -0.39 is 6.03 Å². The Morgan fingerprint density at radius 2 is 2.07 bits per heavy atom. The monoisotopic (exact) mass is 196 g/mol. The smallest absolute Gasteiger partial charge is 0.330 e. The Morgan fingerprint density at radius 1 is 1.43 bits per heavy atom. The Labute approximate surface area is 79.8 Å². The Kier molecular flexibility index (Phi) is 3.42. The van der Waals surface area contributed by atoms with Crippen molar-refractivity contribution >= 4 is 18.1 Å². The predicted molar refractivity (Wildman–Crippen MR) is 50.4 cm³/mol. The van der Waals surface area contributed by atoms with Crippen LogP contribution < -0.4 is 16.6 Å². The topological polar surface area (TPSA) is 79.5 Å². The number of urea groups is 1. The third-order valence-electron chi connectivity index (χ3n) is 1.30. The van der Waals surface area contributed by atoms with Crippen LogP contribution in [-0.2, 0) is 0 Å². The number of nitrogens with zero attached hydrogens (tertiary/aromatic N) is 1. The fraction of sp³-hybridized carbons (Fsp3) is 0. The van der Waals surface area contributed by atoms with Crippen LogP contribution in [0.2, 0.25) is 0 Å². The molecule has 1 rings (SSSR count). The van der Waals surface area contributed by atoms with Gasteiger partial charge in [-0.25, -0.2) is 14.2 Å². The van der Waals surface area contributed by atoms with Gasteiger partial charge in [-0.15, -0.1) is 0 Å². The van der Waals surface area contributed by atoms with Crippen molar-refractivity contribution in [3.8, 4) is 0 Å². The molecule has 0 saturated carbocycles. The van der Waals surface area contributed by atoms with E-state index in [9.17, 15) is 9.18 Å². The van der Waals surface area contributed by atoms with E-state index >= 15 is 0 Å². The maximum Gasteiger partial charge on any atom is 0.330 e. The standard InChI is InChI=1S/C8H9FN4O/c9-6-1-3-7(4-2-6)11-5-12-13-8(10)14/h1-5H,(H,11,12)(H3,10,13,14). The van der Waals surface area contributed by atoms with E-state index in [-0.39, 0.29) is 5.82 Å². The summed E-state index contributed by atoms with van der Waals surface area (Å²) in [6, 6.07) is 4.85. The lowest BCUT2D eigenvalue weighted by Crippen LogP contribution is -2.40. The fourth-order valence-electron chi connectivity index (χ4n) is 0.737. The zero-order valence-electron chi connectivity index (χ0n) is 7.20. The van der Waals surface area contributed by atoms with E-state index in [2.05, 4.69) is 15.8 Å². The molecular formula is C8H9FN4O. The zero-order chi connectivity index (χ0) is 10.4. The van der Waals surface area contributed by atoms with Crippen LogP contribution in [0, 0.1) is 5.82 Å². The first-order valence-electron chi connectivity index (χ1n) is 3.77. The first-order chi connectivity index (χ1) is 6.68. The van der Waals surface area contributed by atoms with Crippen LogP contribution in [0.4, 0.5) is 14.9 Å². The van der Waals surface area contributed by atoms with Gasteiger partial charge in [0.25, 0.3) is 0 Å². The van der Waals surface area contributed by atoms with E-state index in [1.165, 1.54) is 30.6 Å². The SMILES string of the molecule is NC(=O)NNC=Nc1ccc(F)cc1. The summed E-state index contributed by atoms with van der Waals surface area (Å²) in [5, 5.41) is 0. The molecule has 0 heterocycles. The molecule has 4 N–H and O–H groups in total. The van der Waals surface area contributed by atoms with Gasteiger partial charge in [-0.05, 0) is 24.3 Å². The Morgan fingerprint density at radius 3 is 2.64 bits per heavy atom. The number of carbonyl (C=O) groups excluding carboxylic acids is 1. The summed E-state index contributed by atoms with van der Waals surface area (Å²) in [5.41, 5.74) is 9.76. The highest BCUT2D eigenvalue weighted by Crippen LogP contribution is 2.10. The number of hydrogen-bond donors (Lipinski definition) is 3. The third-order valence-corrected chi connectivity index (χ3v) is 1.30. The number of carbonyl (C=O) groups is 1. The van der Waals surface area contributed by atoms with Gasteiger partial charge in [0.15, 0.2) is 0 Å². The van der Waals surface area contributed by atoms with Crippen molar-refractivity contribution in [3.63, 3.8) is 0 Å². The van der Waals surface area contributed by atoms with Gasteiger partial charge >= 0.3 is 6.03 Å². The molecule has 0 aliphatic carbocycles. The van der Waals surface area contributed by atoms with Crippen LogP contribution in [0.1, 0.15) is 0 Å². The van der Waals surface area contributed by atoms with Gasteiger partial charge in [0.05, 0.1) is 5.69 Å². The summed E-state index contributed by atoms with van der Waals surface area (Å²) in [5.74, 6) is -0.327. The molecule has 0 fully saturated rings. The molecule has 0 atom stereocenters. The van der Waals surface area contributed by atoms with E-state index in [0.717, 1.165) is 0 Å². The highest BCUT2D eigenvalue weighted by Gasteiger charge is 1.89. The quantitative estimate of drug-likeness (QED) is 0.377. The first-order valence-corrected chi connectivity index (χ1v) is 3.77. The number of halogens is 1. The second-order valence-corrected chi connectivity index (χ2v) is 2.37. The number of amides is 2. The van der Waals surface area contributed by atoms with Gasteiger partial charge in [-0.2, -0.15) is 0 Å². The van der Waals surface area contributed by atoms with Crippen molar-refractivity contribution in [1.29, 1.82) is 0 Å². The molecule has 0 aliphatic rings. The second-order valence-electron chi connectivity index (χ2n) is 2.37. The van der Waals surface area contributed by atoms with Crippen molar-refractivity contribution in [2.75, 3.05) is 0 Å². The van der Waals surface area contributed by atoms with Crippen LogP contribution in [0.25, 0.3) is 0 Å². The molecule has 0 saturated heterocycles. The number of nitrogens with one attached hydrogen (secondary N) is 2. The van der Waals surface area contributed by atoms with Crippen molar-refractivity contribution in [2.45, 2.75) is 0 Å². The highest BCUT2D eigenvalue weighted by molar-refractivity contribution is 5.73. The van der Waals surface area contributed by atoms with Crippen molar-refractivity contribution in [2.24, 2.45) is 10.7 Å². The van der Waals surface area contributed by atoms with E-state index in [1.807, 2.05) is 0 Å². The van der Waals surface area contributed by atoms with Crippen LogP contribution in [0.15, 0.2) is 29.3 Å². The molecule has 1 aromatic carbocycles. The molecule has 2 amide bonds. The molecular weight excluding hydrogens is 187 g/mol. The molecule has 6 heteroatoms. The molecule has 5 nitrogen and oxygen atoms in total. The van der Waals surface area contributed by atoms with Gasteiger partial charge < -0.3 is 5.73 Å². The van der Waals surface area contributed by atoms with Crippen molar-refractivity contribution in [3.05, 3.63) is 30.1 Å². The average Bonchev–Trinajstić information content (AvgIpc) is 2.15. The maximum atomic E-state index is 12.4. The van der Waals surface area contributed by atoms with Gasteiger partial charge in [0.2, 0.25) is 0 Å². The summed E-state index contributed by atoms with van der Waals surface area (Å²) in [7, 11) is 0. The van der Waals surface area contributed by atoms with Gasteiger partial charge in [-0.3, -0.25) is 10.9 Å². The zero-order valence-corrected chi connectivity index (χ0v) is 7.20. The lowest BCUT2D eigenvalue weighted by Gasteiger charge is -1.97. The molecule has 0 aromatic heterocycles. The molecule has 1 aromatic rings. The maximum absolute atomic E-state index is 12.4. The Bertz CT molecular complexity index is 336. The lowest BCUT2D eigenvalue weighted by atomic mass is 10.3. The van der Waals surface area contributed by atoms with E-state index in [0.29, 0.717) is 5.69 Å². The van der Waals surface area contributed by atoms with Gasteiger partial charge in [-0.1, -0.05) is 0 Å². The summed E-state index contributed by atoms with van der Waals surface area (Å²) in [4.78, 5) is 14.0. The van der Waals surface area contributed by atoms with Crippen LogP contribution in [0.5, 0.6) is 0 Å². The largest absolute Gasteiger partial charge is 0.350 e. The summed E-state index contributed by atoms with van der Waals surface area (Å²) >= 11 is 0. The number of primary amides is 1. The minimum absolute atomic E-state index is 0.327. The molecule has 0 radical (unpaired) electrons. The predicted octanol–water partition coefficient (Wildman–Crippen LogP) is 0.658. The third kappa shape index (κ3) is 3.53. The number of nitrogens with two attached hydrogens (primary N) is 1. The Hall–Kier alpha value is -2.11. The highest BCUT2D eigenvalue weighted by atomic mass is 19.1. The van der Waals surface area contributed by atoms with Crippen LogP contribution in [-0.4, -0.2) is 12.4 Å². The minimum Gasteiger partial charge on any atom is -0.350 e. The van der Waals surface area contributed by atoms with Crippen LogP contribution >= 0.6 is 0 Å². The molecule has 74 valence electrons. The normalized spacial score (nSPS) is 10.1. The van der Waals surface area contributed by atoms with Crippen molar-refractivity contribution in [1.82, 2.24) is 10.9 Å². The molecule has 0 aliphatic heterocycles. The molecule has 14 heavy (non-hydrogen) atoms. The molecule has 0 unspecified atom stereocenters. The molecule has 0 spiro atoms. The summed E-state index contributed by atoms with van der Waals surface area (Å²) in [6.07, 6.45) is 1.23. The minimum atomic E-state index is -0.712.